The van der Waals surface area contributed by atoms with Crippen LogP contribution in [0.4, 0.5) is 9.18 Å². The van der Waals surface area contributed by atoms with Crippen LogP contribution in [-0.4, -0.2) is 52.4 Å². The minimum Gasteiger partial charge on any atom is -0.497 e. The molecule has 33 heavy (non-hydrogen) atoms. The number of carbonyl (C=O) groups excluding carboxylic acids is 1. The van der Waals surface area contributed by atoms with Crippen LogP contribution in [0.3, 0.4) is 0 Å². The van der Waals surface area contributed by atoms with Crippen LogP contribution >= 0.6 is 0 Å². The number of hydrogen-bond donors (Lipinski definition) is 1. The summed E-state index contributed by atoms with van der Waals surface area (Å²) in [5.74, 6) is 1.66. The third kappa shape index (κ3) is 4.85. The van der Waals surface area contributed by atoms with Crippen LogP contribution in [-0.2, 0) is 0 Å². The van der Waals surface area contributed by atoms with Crippen LogP contribution in [0.25, 0.3) is 22.6 Å². The molecule has 3 aromatic rings. The summed E-state index contributed by atoms with van der Waals surface area (Å²) in [6.45, 7) is 4.52. The van der Waals surface area contributed by atoms with Crippen molar-refractivity contribution in [2.45, 2.75) is 38.6 Å². The van der Waals surface area contributed by atoms with Crippen LogP contribution in [0.5, 0.6) is 5.75 Å². The maximum atomic E-state index is 13.5. The van der Waals surface area contributed by atoms with Gasteiger partial charge in [-0.3, -0.25) is 5.21 Å². The van der Waals surface area contributed by atoms with Gasteiger partial charge in [0.05, 0.1) is 13.2 Å². The van der Waals surface area contributed by atoms with E-state index in [9.17, 15) is 14.4 Å². The Morgan fingerprint density at radius 1 is 1.12 bits per heavy atom. The lowest BCUT2D eigenvalue weighted by atomic mass is 9.97. The molecule has 7 nitrogen and oxygen atoms in total. The van der Waals surface area contributed by atoms with Gasteiger partial charge in [0.2, 0.25) is 0 Å². The number of likely N-dealkylation sites (tertiary alicyclic amines) is 1. The summed E-state index contributed by atoms with van der Waals surface area (Å²) in [6.07, 6.45) is 1.34. The first kappa shape index (κ1) is 22.8. The van der Waals surface area contributed by atoms with Crippen LogP contribution in [0, 0.1) is 5.82 Å². The van der Waals surface area contributed by atoms with Crippen molar-refractivity contribution in [3.8, 4) is 28.3 Å². The number of halogens is 1. The summed E-state index contributed by atoms with van der Waals surface area (Å²) in [4.78, 5) is 18.9. The van der Waals surface area contributed by atoms with Crippen LogP contribution in [0.15, 0.2) is 52.9 Å². The quantitative estimate of drug-likeness (QED) is 0.404. The lowest BCUT2D eigenvalue weighted by Gasteiger charge is -2.33. The third-order valence-corrected chi connectivity index (χ3v) is 5.91. The second kappa shape index (κ2) is 9.62. The van der Waals surface area contributed by atoms with Gasteiger partial charge < -0.3 is 14.1 Å². The largest absolute Gasteiger partial charge is 0.497 e. The van der Waals surface area contributed by atoms with Gasteiger partial charge in [-0.1, -0.05) is 0 Å². The number of ether oxygens (including phenoxy) is 1. The van der Waals surface area contributed by atoms with Gasteiger partial charge in [-0.15, -0.1) is 0 Å². The van der Waals surface area contributed by atoms with Crippen molar-refractivity contribution in [1.29, 1.82) is 0 Å². The number of methoxy groups -OCH3 is 1. The maximum absolute atomic E-state index is 13.5. The lowest BCUT2D eigenvalue weighted by Crippen LogP contribution is -2.47. The Morgan fingerprint density at radius 3 is 2.30 bits per heavy atom. The summed E-state index contributed by atoms with van der Waals surface area (Å²) < 4.78 is 25.0. The van der Waals surface area contributed by atoms with E-state index in [1.165, 1.54) is 12.1 Å². The van der Waals surface area contributed by atoms with E-state index < -0.39 is 0 Å². The second-order valence-electron chi connectivity index (χ2n) is 8.45. The zero-order valence-corrected chi connectivity index (χ0v) is 19.0. The highest BCUT2D eigenvalue weighted by Gasteiger charge is 2.31. The first-order valence-corrected chi connectivity index (χ1v) is 11.1. The number of oxazole rings is 1. The Balaban J connectivity index is 1.60. The van der Waals surface area contributed by atoms with Crippen molar-refractivity contribution in [2.24, 2.45) is 0 Å². The highest BCUT2D eigenvalue weighted by atomic mass is 19.1. The molecule has 1 aliphatic heterocycles. The predicted octanol–water partition coefficient (Wildman–Crippen LogP) is 5.56. The fourth-order valence-electron chi connectivity index (χ4n) is 3.94. The Labute approximate surface area is 192 Å². The molecule has 0 unspecified atom stereocenters. The lowest BCUT2D eigenvalue weighted by molar-refractivity contribution is -0.0815. The van der Waals surface area contributed by atoms with E-state index in [2.05, 4.69) is 0 Å². The summed E-state index contributed by atoms with van der Waals surface area (Å²) >= 11 is 0. The topological polar surface area (TPSA) is 79.0 Å². The summed E-state index contributed by atoms with van der Waals surface area (Å²) in [7, 11) is 1.61. The molecule has 0 saturated carbocycles. The molecule has 2 aromatic carbocycles. The number of aromatic nitrogens is 1. The van der Waals surface area contributed by atoms with Gasteiger partial charge in [-0.25, -0.2) is 19.2 Å². The minimum absolute atomic E-state index is 0.0337. The van der Waals surface area contributed by atoms with Gasteiger partial charge in [0.1, 0.15) is 17.3 Å². The molecule has 1 N–H and O–H groups in total. The first-order valence-electron chi connectivity index (χ1n) is 11.1. The van der Waals surface area contributed by atoms with E-state index in [1.807, 2.05) is 24.3 Å². The Bertz CT molecular complexity index is 1090. The number of benzene rings is 2. The van der Waals surface area contributed by atoms with Gasteiger partial charge in [-0.2, -0.15) is 0 Å². The Kier molecular flexibility index (Phi) is 6.65. The maximum Gasteiger partial charge on any atom is 0.343 e. The van der Waals surface area contributed by atoms with Gasteiger partial charge in [-0.05, 0) is 75.2 Å². The van der Waals surface area contributed by atoms with Crippen LogP contribution in [0.2, 0.25) is 0 Å². The van der Waals surface area contributed by atoms with Gasteiger partial charge in [0.25, 0.3) is 0 Å². The molecular formula is C25H28FN3O4. The molecule has 0 bridgehead atoms. The van der Waals surface area contributed by atoms with Crippen molar-refractivity contribution >= 4 is 6.03 Å². The van der Waals surface area contributed by atoms with E-state index in [4.69, 9.17) is 14.1 Å². The summed E-state index contributed by atoms with van der Waals surface area (Å²) in [6, 6.07) is 13.0. The normalized spacial score (nSPS) is 14.5. The number of urea groups is 1. The monoisotopic (exact) mass is 453 g/mol. The summed E-state index contributed by atoms with van der Waals surface area (Å²) in [5.41, 5.74) is 2.25. The van der Waals surface area contributed by atoms with Crippen molar-refractivity contribution < 1.29 is 23.5 Å². The van der Waals surface area contributed by atoms with Crippen molar-refractivity contribution in [3.05, 3.63) is 60.2 Å². The van der Waals surface area contributed by atoms with Gasteiger partial charge in [0.15, 0.2) is 11.7 Å². The molecular weight excluding hydrogens is 425 g/mol. The number of rotatable bonds is 5. The van der Waals surface area contributed by atoms with Crippen molar-refractivity contribution in [1.82, 2.24) is 14.9 Å². The molecule has 2 amide bonds. The highest BCUT2D eigenvalue weighted by Crippen LogP contribution is 2.38. The fraction of sp³-hybridized carbons (Fsp3) is 0.360. The molecule has 0 radical (unpaired) electrons. The van der Waals surface area contributed by atoms with E-state index in [0.29, 0.717) is 43.3 Å². The van der Waals surface area contributed by atoms with E-state index >= 15 is 0 Å². The van der Waals surface area contributed by atoms with E-state index in [0.717, 1.165) is 21.9 Å². The molecule has 1 aromatic heterocycles. The molecule has 1 saturated heterocycles. The molecule has 0 spiro atoms. The number of carbonyl (C=O) groups is 1. The fourth-order valence-corrected chi connectivity index (χ4v) is 3.94. The van der Waals surface area contributed by atoms with E-state index in [1.54, 1.807) is 38.0 Å². The number of amides is 2. The standard InChI is InChI=1S/C25H28FN3O4/c1-16(2)29(31)25(30)28-14-12-19(13-15-28)24-27-22(17-4-8-20(26)9-5-17)23(33-24)18-6-10-21(32-3)11-7-18/h4-11,16,19,31H,12-15H2,1-3H3. The first-order chi connectivity index (χ1) is 15.9. The zero-order valence-electron chi connectivity index (χ0n) is 19.0. The van der Waals surface area contributed by atoms with Gasteiger partial charge >= 0.3 is 6.03 Å². The average Bonchev–Trinajstić information content (AvgIpc) is 3.29. The number of piperidine rings is 1. The number of hydrogen-bond acceptors (Lipinski definition) is 5. The number of nitrogens with zero attached hydrogens (tertiary/aromatic N) is 3. The van der Waals surface area contributed by atoms with Gasteiger partial charge in [0, 0.05) is 30.1 Å². The molecule has 1 aliphatic rings. The Hall–Kier alpha value is -3.39. The second-order valence-corrected chi connectivity index (χ2v) is 8.45. The van der Waals surface area contributed by atoms with Crippen molar-refractivity contribution in [3.63, 3.8) is 0 Å². The Morgan fingerprint density at radius 2 is 1.73 bits per heavy atom. The SMILES string of the molecule is COc1ccc(-c2oc(C3CCN(C(=O)N(O)C(C)C)CC3)nc2-c2ccc(F)cc2)cc1. The smallest absolute Gasteiger partial charge is 0.343 e. The molecule has 4 rings (SSSR count). The van der Waals surface area contributed by atoms with Crippen LogP contribution in [0.1, 0.15) is 38.5 Å². The van der Waals surface area contributed by atoms with E-state index in [-0.39, 0.29) is 23.8 Å². The third-order valence-electron chi connectivity index (χ3n) is 5.91. The molecule has 0 atom stereocenters. The summed E-state index contributed by atoms with van der Waals surface area (Å²) in [5, 5.41) is 10.7. The molecule has 1 fully saturated rings. The molecule has 8 heteroatoms. The zero-order chi connectivity index (χ0) is 23.5. The number of hydroxylamine groups is 2. The van der Waals surface area contributed by atoms with Crippen LogP contribution < -0.4 is 4.74 Å². The minimum atomic E-state index is -0.387. The predicted molar refractivity (Wildman–Crippen MR) is 122 cm³/mol. The highest BCUT2D eigenvalue weighted by molar-refractivity contribution is 5.77. The molecule has 174 valence electrons. The van der Waals surface area contributed by atoms with Crippen molar-refractivity contribution in [2.75, 3.05) is 20.2 Å². The average molecular weight is 454 g/mol. The molecule has 0 aliphatic carbocycles. The molecule has 2 heterocycles.